The van der Waals surface area contributed by atoms with Gasteiger partial charge in [0.1, 0.15) is 0 Å². The van der Waals surface area contributed by atoms with Crippen molar-refractivity contribution in [1.82, 2.24) is 10.1 Å². The van der Waals surface area contributed by atoms with E-state index in [0.717, 1.165) is 41.4 Å². The minimum atomic E-state index is 0.685. The van der Waals surface area contributed by atoms with Crippen molar-refractivity contribution >= 4 is 17.4 Å². The van der Waals surface area contributed by atoms with Gasteiger partial charge < -0.3 is 10.3 Å². The highest BCUT2D eigenvalue weighted by molar-refractivity contribution is 7.98. The Kier molecular flexibility index (Phi) is 4.64. The Hall–Kier alpha value is -1.49. The van der Waals surface area contributed by atoms with Crippen LogP contribution in [0.3, 0.4) is 0 Å². The van der Waals surface area contributed by atoms with E-state index >= 15 is 0 Å². The van der Waals surface area contributed by atoms with Crippen LogP contribution in [0.1, 0.15) is 24.2 Å². The Morgan fingerprint density at radius 2 is 2.11 bits per heavy atom. The second-order valence-corrected chi connectivity index (χ2v) is 5.21. The Bertz CT molecular complexity index is 498. The quantitative estimate of drug-likeness (QED) is 0.812. The fourth-order valence-corrected chi connectivity index (χ4v) is 2.15. The highest BCUT2D eigenvalue weighted by Crippen LogP contribution is 2.14. The molecule has 0 aliphatic heterocycles. The van der Waals surface area contributed by atoms with Gasteiger partial charge in [-0.25, -0.2) is 0 Å². The minimum Gasteiger partial charge on any atom is -0.399 e. The maximum atomic E-state index is 5.89. The summed E-state index contributed by atoms with van der Waals surface area (Å²) in [6.07, 6.45) is 1.56. The predicted octanol–water partition coefficient (Wildman–Crippen LogP) is 2.69. The van der Waals surface area contributed by atoms with Crippen LogP contribution in [-0.2, 0) is 18.6 Å². The molecule has 2 aromatic rings. The number of aryl methyl sites for hydroxylation is 2. The van der Waals surface area contributed by atoms with Gasteiger partial charge in [-0.3, -0.25) is 0 Å². The number of nitrogens with two attached hydrogens (primary N) is 1. The molecule has 2 rings (SSSR count). The van der Waals surface area contributed by atoms with Crippen molar-refractivity contribution in [1.29, 1.82) is 0 Å². The Labute approximate surface area is 111 Å². The SMILES string of the molecule is CCSCc1noc(CCc2ccccc2N)n1. The summed E-state index contributed by atoms with van der Waals surface area (Å²) in [7, 11) is 0. The van der Waals surface area contributed by atoms with E-state index in [4.69, 9.17) is 10.3 Å². The molecular weight excluding hydrogens is 246 g/mol. The van der Waals surface area contributed by atoms with Crippen LogP contribution in [0.25, 0.3) is 0 Å². The third-order valence-electron chi connectivity index (χ3n) is 2.61. The monoisotopic (exact) mass is 263 g/mol. The molecule has 0 radical (unpaired) electrons. The molecule has 0 bridgehead atoms. The van der Waals surface area contributed by atoms with Gasteiger partial charge in [0.15, 0.2) is 5.82 Å². The van der Waals surface area contributed by atoms with Crippen molar-refractivity contribution in [2.75, 3.05) is 11.5 Å². The number of benzene rings is 1. The molecule has 2 N–H and O–H groups in total. The average Bonchev–Trinajstić information content (AvgIpc) is 2.83. The highest BCUT2D eigenvalue weighted by atomic mass is 32.2. The number of nitrogen functional groups attached to an aromatic ring is 1. The molecule has 0 saturated heterocycles. The summed E-state index contributed by atoms with van der Waals surface area (Å²) in [6, 6.07) is 7.86. The summed E-state index contributed by atoms with van der Waals surface area (Å²) in [5.41, 5.74) is 7.83. The summed E-state index contributed by atoms with van der Waals surface area (Å²) in [4.78, 5) is 4.35. The lowest BCUT2D eigenvalue weighted by molar-refractivity contribution is 0.374. The first kappa shape index (κ1) is 13.0. The Balaban J connectivity index is 1.90. The fraction of sp³-hybridized carbons (Fsp3) is 0.385. The van der Waals surface area contributed by atoms with Crippen molar-refractivity contribution in [3.05, 3.63) is 41.5 Å². The van der Waals surface area contributed by atoms with Gasteiger partial charge in [-0.2, -0.15) is 16.7 Å². The van der Waals surface area contributed by atoms with Crippen LogP contribution in [0.4, 0.5) is 5.69 Å². The van der Waals surface area contributed by atoms with Crippen molar-refractivity contribution in [2.24, 2.45) is 0 Å². The number of hydrogen-bond donors (Lipinski definition) is 1. The van der Waals surface area contributed by atoms with Crippen LogP contribution < -0.4 is 5.73 Å². The van der Waals surface area contributed by atoms with Gasteiger partial charge in [0, 0.05) is 12.1 Å². The van der Waals surface area contributed by atoms with E-state index in [1.165, 1.54) is 0 Å². The second kappa shape index (κ2) is 6.44. The number of nitrogens with zero attached hydrogens (tertiary/aromatic N) is 2. The van der Waals surface area contributed by atoms with Crippen LogP contribution in [0.15, 0.2) is 28.8 Å². The molecule has 96 valence electrons. The molecule has 4 nitrogen and oxygen atoms in total. The van der Waals surface area contributed by atoms with E-state index < -0.39 is 0 Å². The highest BCUT2D eigenvalue weighted by Gasteiger charge is 2.07. The maximum Gasteiger partial charge on any atom is 0.227 e. The van der Waals surface area contributed by atoms with Crippen LogP contribution in [-0.4, -0.2) is 15.9 Å². The van der Waals surface area contributed by atoms with Crippen LogP contribution >= 0.6 is 11.8 Å². The van der Waals surface area contributed by atoms with E-state index in [0.29, 0.717) is 5.89 Å². The van der Waals surface area contributed by atoms with E-state index in [-0.39, 0.29) is 0 Å². The molecule has 5 heteroatoms. The van der Waals surface area contributed by atoms with Gasteiger partial charge in [-0.15, -0.1) is 0 Å². The third kappa shape index (κ3) is 3.50. The zero-order valence-electron chi connectivity index (χ0n) is 10.4. The summed E-state index contributed by atoms with van der Waals surface area (Å²) in [5.74, 6) is 3.33. The van der Waals surface area contributed by atoms with E-state index in [1.54, 1.807) is 11.8 Å². The molecule has 0 spiro atoms. The van der Waals surface area contributed by atoms with Gasteiger partial charge >= 0.3 is 0 Å². The van der Waals surface area contributed by atoms with Crippen LogP contribution in [0, 0.1) is 0 Å². The molecule has 0 saturated carbocycles. The molecular formula is C13H17N3OS. The molecule has 18 heavy (non-hydrogen) atoms. The van der Waals surface area contributed by atoms with Gasteiger partial charge in [-0.1, -0.05) is 30.3 Å². The largest absolute Gasteiger partial charge is 0.399 e. The summed E-state index contributed by atoms with van der Waals surface area (Å²) in [6.45, 7) is 2.11. The Morgan fingerprint density at radius 3 is 2.89 bits per heavy atom. The summed E-state index contributed by atoms with van der Waals surface area (Å²) >= 11 is 1.79. The van der Waals surface area contributed by atoms with Crippen LogP contribution in [0.2, 0.25) is 0 Å². The van der Waals surface area contributed by atoms with E-state index in [2.05, 4.69) is 17.1 Å². The lowest BCUT2D eigenvalue weighted by atomic mass is 10.1. The van der Waals surface area contributed by atoms with Gasteiger partial charge in [0.05, 0.1) is 5.75 Å². The normalized spacial score (nSPS) is 10.7. The predicted molar refractivity (Wildman–Crippen MR) is 74.4 cm³/mol. The number of hydrogen-bond acceptors (Lipinski definition) is 5. The molecule has 1 aromatic carbocycles. The first-order chi connectivity index (χ1) is 8.79. The molecule has 0 unspecified atom stereocenters. The fourth-order valence-electron chi connectivity index (χ4n) is 1.65. The van der Waals surface area contributed by atoms with Crippen molar-refractivity contribution in [3.8, 4) is 0 Å². The molecule has 0 aliphatic carbocycles. The van der Waals surface area contributed by atoms with E-state index in [9.17, 15) is 0 Å². The molecule has 1 heterocycles. The zero-order chi connectivity index (χ0) is 12.8. The number of rotatable bonds is 6. The first-order valence-electron chi connectivity index (χ1n) is 6.02. The Morgan fingerprint density at radius 1 is 1.28 bits per heavy atom. The third-order valence-corrected chi connectivity index (χ3v) is 3.48. The molecule has 0 aliphatic rings. The summed E-state index contributed by atoms with van der Waals surface area (Å²) < 4.78 is 5.21. The lowest BCUT2D eigenvalue weighted by Crippen LogP contribution is -1.97. The molecule has 0 atom stereocenters. The molecule has 0 amide bonds. The van der Waals surface area contributed by atoms with Crippen molar-refractivity contribution < 1.29 is 4.52 Å². The number of thioether (sulfide) groups is 1. The molecule has 0 fully saturated rings. The van der Waals surface area contributed by atoms with E-state index in [1.807, 2.05) is 24.3 Å². The zero-order valence-corrected chi connectivity index (χ0v) is 11.2. The number of anilines is 1. The van der Waals surface area contributed by atoms with Crippen LogP contribution in [0.5, 0.6) is 0 Å². The van der Waals surface area contributed by atoms with Gasteiger partial charge in [0.2, 0.25) is 5.89 Å². The standard InChI is InChI=1S/C13H17N3OS/c1-2-18-9-12-15-13(17-16-12)8-7-10-5-3-4-6-11(10)14/h3-6H,2,7-9,14H2,1H3. The van der Waals surface area contributed by atoms with Crippen molar-refractivity contribution in [2.45, 2.75) is 25.5 Å². The van der Waals surface area contributed by atoms with Gasteiger partial charge in [0.25, 0.3) is 0 Å². The minimum absolute atomic E-state index is 0.685. The summed E-state index contributed by atoms with van der Waals surface area (Å²) in [5, 5.41) is 3.95. The number of para-hydroxylation sites is 1. The second-order valence-electron chi connectivity index (χ2n) is 3.94. The lowest BCUT2D eigenvalue weighted by Gasteiger charge is -2.02. The first-order valence-corrected chi connectivity index (χ1v) is 7.17. The topological polar surface area (TPSA) is 64.9 Å². The number of aromatic nitrogens is 2. The smallest absolute Gasteiger partial charge is 0.227 e. The molecule has 1 aromatic heterocycles. The average molecular weight is 263 g/mol. The maximum absolute atomic E-state index is 5.89. The van der Waals surface area contributed by atoms with Gasteiger partial charge in [-0.05, 0) is 23.8 Å². The van der Waals surface area contributed by atoms with Crippen molar-refractivity contribution in [3.63, 3.8) is 0 Å².